The number of hydrogen-bond acceptors (Lipinski definition) is 4. The first kappa shape index (κ1) is 31.5. The van der Waals surface area contributed by atoms with Gasteiger partial charge in [-0.1, -0.05) is 48.0 Å². The first-order valence-corrected chi connectivity index (χ1v) is 13.8. The fourth-order valence-electron chi connectivity index (χ4n) is 4.76. The number of aryl methyl sites for hydroxylation is 3. The Kier molecular flexibility index (Phi) is 12.0. The van der Waals surface area contributed by atoms with Crippen LogP contribution < -0.4 is 26.0 Å². The molecule has 0 unspecified atom stereocenters. The van der Waals surface area contributed by atoms with Gasteiger partial charge in [-0.15, -0.1) is 0 Å². The molecular weight excluding hydrogens is 564 g/mol. The van der Waals surface area contributed by atoms with Crippen molar-refractivity contribution in [1.82, 2.24) is 0 Å². The fourth-order valence-corrected chi connectivity index (χ4v) is 5.54. The lowest BCUT2D eigenvalue weighted by Gasteiger charge is -2.31. The molecule has 206 valence electrons. The zero-order chi connectivity index (χ0) is 27.0. The molecule has 0 saturated carbocycles. The lowest BCUT2D eigenvalue weighted by atomic mass is 10.0. The summed E-state index contributed by atoms with van der Waals surface area (Å²) in [5.41, 5.74) is 5.22. The molecule has 0 aliphatic heterocycles. The third-order valence-corrected chi connectivity index (χ3v) is 7.35. The number of thiol groups is 1. The zero-order valence-electron chi connectivity index (χ0n) is 22.9. The summed E-state index contributed by atoms with van der Waals surface area (Å²) in [6.07, 6.45) is 1.63. The molecule has 0 radical (unpaired) electrons. The molecular formula is C30H39BrN2O4S. The third kappa shape index (κ3) is 8.96. The van der Waals surface area contributed by atoms with E-state index in [-0.39, 0.29) is 22.8 Å². The van der Waals surface area contributed by atoms with Gasteiger partial charge >= 0.3 is 0 Å². The van der Waals surface area contributed by atoms with E-state index in [1.54, 1.807) is 12.1 Å². The highest BCUT2D eigenvalue weighted by Crippen LogP contribution is 2.27. The van der Waals surface area contributed by atoms with E-state index in [2.05, 4.69) is 14.1 Å². The second-order valence-corrected chi connectivity index (χ2v) is 11.2. The highest BCUT2D eigenvalue weighted by molar-refractivity contribution is 7.74. The minimum atomic E-state index is -2.70. The normalized spacial score (nSPS) is 11.2. The van der Waals surface area contributed by atoms with Crippen LogP contribution in [0.4, 0.5) is 5.69 Å². The van der Waals surface area contributed by atoms with Gasteiger partial charge in [0.05, 0.1) is 39.5 Å². The summed E-state index contributed by atoms with van der Waals surface area (Å²) in [4.78, 5) is 12.5. The standard InChI is InChI=1S/C30H39N2O4S.BrH/c1-23-21-24(2)29(25(3)22-23)31(37(34)35)17-9-18-32(4,5)19-10-20-36-28-15-13-27(14-16-28)30(33)26-11-7-6-8-12-26;/h6-8,11-16,21-22,37H,9-10,17-20H2,1-5H3;1H/q+1;/p-1. The summed E-state index contributed by atoms with van der Waals surface area (Å²) in [6.45, 7) is 8.78. The summed E-state index contributed by atoms with van der Waals surface area (Å²) in [6, 6.07) is 20.6. The number of rotatable bonds is 13. The summed E-state index contributed by atoms with van der Waals surface area (Å²) < 4.78 is 32.3. The third-order valence-electron chi connectivity index (χ3n) is 6.55. The van der Waals surface area contributed by atoms with E-state index in [1.807, 2.05) is 75.4 Å². The number of carbonyl (C=O) groups excluding carboxylic acids is 1. The van der Waals surface area contributed by atoms with E-state index >= 15 is 0 Å². The van der Waals surface area contributed by atoms with E-state index in [0.717, 1.165) is 58.5 Å². The summed E-state index contributed by atoms with van der Waals surface area (Å²) in [5.74, 6) is 0.743. The molecule has 38 heavy (non-hydrogen) atoms. The van der Waals surface area contributed by atoms with Gasteiger partial charge in [0.15, 0.2) is 5.78 Å². The number of ether oxygens (including phenoxy) is 1. The average Bonchev–Trinajstić information content (AvgIpc) is 2.85. The molecule has 3 aromatic carbocycles. The quantitative estimate of drug-likeness (QED) is 0.141. The molecule has 0 aromatic heterocycles. The molecule has 0 heterocycles. The predicted molar refractivity (Wildman–Crippen MR) is 151 cm³/mol. The van der Waals surface area contributed by atoms with Crippen molar-refractivity contribution in [2.45, 2.75) is 33.6 Å². The molecule has 0 fully saturated rings. The zero-order valence-corrected chi connectivity index (χ0v) is 25.4. The Morgan fingerprint density at radius 3 is 1.97 bits per heavy atom. The first-order valence-electron chi connectivity index (χ1n) is 12.7. The number of hydrogen-bond donors (Lipinski definition) is 1. The summed E-state index contributed by atoms with van der Waals surface area (Å²) >= 11 is 0. The van der Waals surface area contributed by atoms with Crippen molar-refractivity contribution in [3.63, 3.8) is 0 Å². The molecule has 0 spiro atoms. The van der Waals surface area contributed by atoms with E-state index in [1.165, 1.54) is 4.31 Å². The van der Waals surface area contributed by atoms with Crippen molar-refractivity contribution in [2.24, 2.45) is 0 Å². The number of halogens is 1. The fraction of sp³-hybridized carbons (Fsp3) is 0.367. The van der Waals surface area contributed by atoms with Crippen LogP contribution in [0.2, 0.25) is 0 Å². The van der Waals surface area contributed by atoms with Crippen molar-refractivity contribution in [2.75, 3.05) is 44.6 Å². The van der Waals surface area contributed by atoms with E-state index in [0.29, 0.717) is 24.3 Å². The smallest absolute Gasteiger partial charge is 0.225 e. The van der Waals surface area contributed by atoms with Gasteiger partial charge in [-0.3, -0.25) is 9.10 Å². The van der Waals surface area contributed by atoms with Crippen LogP contribution in [0, 0.1) is 20.8 Å². The maximum Gasteiger partial charge on any atom is 0.225 e. The Balaban J connectivity index is 0.00000507. The van der Waals surface area contributed by atoms with Crippen molar-refractivity contribution >= 4 is 22.4 Å². The molecule has 3 aromatic rings. The molecule has 8 heteroatoms. The van der Waals surface area contributed by atoms with Crippen LogP contribution in [-0.4, -0.2) is 59.0 Å². The van der Waals surface area contributed by atoms with Gasteiger partial charge in [-0.05, 0) is 56.2 Å². The number of benzene rings is 3. The summed E-state index contributed by atoms with van der Waals surface area (Å²) in [5, 5.41) is 0. The molecule has 0 atom stereocenters. The monoisotopic (exact) mass is 602 g/mol. The number of quaternary nitrogens is 1. The lowest BCUT2D eigenvalue weighted by Crippen LogP contribution is -3.00. The Morgan fingerprint density at radius 1 is 0.842 bits per heavy atom. The van der Waals surface area contributed by atoms with Crippen LogP contribution in [0.15, 0.2) is 66.7 Å². The largest absolute Gasteiger partial charge is 1.00 e. The molecule has 0 N–H and O–H groups in total. The first-order chi connectivity index (χ1) is 17.6. The van der Waals surface area contributed by atoms with Crippen LogP contribution >= 0.6 is 0 Å². The average molecular weight is 604 g/mol. The van der Waals surface area contributed by atoms with E-state index in [9.17, 15) is 13.2 Å². The summed E-state index contributed by atoms with van der Waals surface area (Å²) in [7, 11) is 1.62. The minimum absolute atomic E-state index is 0. The molecule has 0 bridgehead atoms. The number of ketones is 1. The van der Waals surface area contributed by atoms with Gasteiger partial charge in [-0.2, -0.15) is 0 Å². The van der Waals surface area contributed by atoms with Crippen molar-refractivity contribution < 1.29 is 39.4 Å². The second kappa shape index (κ2) is 14.5. The highest BCUT2D eigenvalue weighted by Gasteiger charge is 2.19. The molecule has 6 nitrogen and oxygen atoms in total. The number of carbonyl (C=O) groups is 1. The predicted octanol–water partition coefficient (Wildman–Crippen LogP) is 2.12. The highest BCUT2D eigenvalue weighted by atomic mass is 79.9. The van der Waals surface area contributed by atoms with Gasteiger partial charge in [-0.25, -0.2) is 8.42 Å². The van der Waals surface area contributed by atoms with Crippen LogP contribution in [0.1, 0.15) is 45.5 Å². The molecule has 0 aliphatic carbocycles. The minimum Gasteiger partial charge on any atom is -1.00 e. The maximum absolute atomic E-state index is 12.5. The topological polar surface area (TPSA) is 63.7 Å². The number of nitrogens with zero attached hydrogens (tertiary/aromatic N) is 2. The van der Waals surface area contributed by atoms with Crippen LogP contribution in [0.3, 0.4) is 0 Å². The van der Waals surface area contributed by atoms with Gasteiger partial charge in [0.1, 0.15) is 5.75 Å². The molecule has 0 amide bonds. The maximum atomic E-state index is 12.5. The Labute approximate surface area is 239 Å². The van der Waals surface area contributed by atoms with Gasteiger partial charge in [0.2, 0.25) is 10.9 Å². The molecule has 0 saturated heterocycles. The van der Waals surface area contributed by atoms with Gasteiger partial charge in [0, 0.05) is 30.5 Å². The Morgan fingerprint density at radius 2 is 1.39 bits per heavy atom. The Bertz CT molecular complexity index is 1240. The van der Waals surface area contributed by atoms with E-state index in [4.69, 9.17) is 4.74 Å². The van der Waals surface area contributed by atoms with Crippen LogP contribution in [0.5, 0.6) is 5.75 Å². The van der Waals surface area contributed by atoms with Crippen molar-refractivity contribution in [3.05, 3.63) is 94.5 Å². The van der Waals surface area contributed by atoms with Crippen molar-refractivity contribution in [3.8, 4) is 5.75 Å². The lowest BCUT2D eigenvalue weighted by molar-refractivity contribution is -0.890. The van der Waals surface area contributed by atoms with Crippen LogP contribution in [-0.2, 0) is 10.9 Å². The van der Waals surface area contributed by atoms with Gasteiger partial charge in [0.25, 0.3) is 0 Å². The number of anilines is 1. The second-order valence-electron chi connectivity index (χ2n) is 10.3. The van der Waals surface area contributed by atoms with Crippen molar-refractivity contribution in [1.29, 1.82) is 0 Å². The molecule has 3 rings (SSSR count). The van der Waals surface area contributed by atoms with E-state index < -0.39 is 10.9 Å². The Hall–Kier alpha value is -2.68. The van der Waals surface area contributed by atoms with Crippen LogP contribution in [0.25, 0.3) is 0 Å². The van der Waals surface area contributed by atoms with Gasteiger partial charge < -0.3 is 26.2 Å². The SMILES string of the molecule is Cc1cc(C)c(N(CCC[N+](C)(C)CCCOc2ccc(C(=O)c3ccccc3)cc2)[SH](=O)=O)c(C)c1.[Br-]. The molecule has 0 aliphatic rings.